The Balaban J connectivity index is 2.10. The average Bonchev–Trinajstić information content (AvgIpc) is 2.88. The van der Waals surface area contributed by atoms with Gasteiger partial charge in [-0.25, -0.2) is 13.4 Å². The van der Waals surface area contributed by atoms with Crippen LogP contribution in [0.25, 0.3) is 0 Å². The van der Waals surface area contributed by atoms with E-state index in [2.05, 4.69) is 9.97 Å². The van der Waals surface area contributed by atoms with Crippen molar-refractivity contribution in [3.8, 4) is 0 Å². The molecule has 1 aromatic heterocycles. The number of nitrogens with zero attached hydrogens (tertiary/aromatic N) is 2. The van der Waals surface area contributed by atoms with Gasteiger partial charge in [-0.05, 0) is 18.8 Å². The van der Waals surface area contributed by atoms with Crippen molar-refractivity contribution >= 4 is 10.0 Å². The highest BCUT2D eigenvalue weighted by atomic mass is 32.2. The lowest BCUT2D eigenvalue weighted by Crippen LogP contribution is -2.29. The van der Waals surface area contributed by atoms with Gasteiger partial charge < -0.3 is 10.1 Å². The molecule has 1 aromatic rings. The van der Waals surface area contributed by atoms with Gasteiger partial charge in [0, 0.05) is 19.7 Å². The lowest BCUT2D eigenvalue weighted by Gasteiger charge is -2.14. The van der Waals surface area contributed by atoms with Gasteiger partial charge >= 0.3 is 0 Å². The number of aliphatic hydroxyl groups excluding tert-OH is 1. The highest BCUT2D eigenvalue weighted by Crippen LogP contribution is 2.24. The zero-order valence-corrected chi connectivity index (χ0v) is 9.65. The molecule has 7 heteroatoms. The Morgan fingerprint density at radius 1 is 1.62 bits per heavy atom. The van der Waals surface area contributed by atoms with Gasteiger partial charge in [0.1, 0.15) is 0 Å². The lowest BCUT2D eigenvalue weighted by molar-refractivity contribution is 0.259. The standard InChI is InChI=1S/C9H15N3O3S/c13-4-2-8-1-3-12(6-8)16(14,15)9-5-10-7-11-9/h5,7-8,13H,1-4,6H2,(H,10,11). The van der Waals surface area contributed by atoms with E-state index in [1.165, 1.54) is 16.8 Å². The molecule has 1 aliphatic rings. The summed E-state index contributed by atoms with van der Waals surface area (Å²) in [6, 6.07) is 0. The predicted octanol–water partition coefficient (Wildman–Crippen LogP) is -0.197. The van der Waals surface area contributed by atoms with Crippen molar-refractivity contribution in [2.45, 2.75) is 17.9 Å². The molecule has 0 aliphatic carbocycles. The number of aromatic amines is 1. The second kappa shape index (κ2) is 4.52. The third-order valence-electron chi connectivity index (χ3n) is 2.88. The number of hydrogen-bond acceptors (Lipinski definition) is 4. The number of H-pyrrole nitrogens is 1. The first kappa shape index (κ1) is 11.6. The maximum Gasteiger partial charge on any atom is 0.260 e. The van der Waals surface area contributed by atoms with Gasteiger partial charge in [-0.2, -0.15) is 4.31 Å². The summed E-state index contributed by atoms with van der Waals surface area (Å²) in [6.45, 7) is 1.12. The lowest BCUT2D eigenvalue weighted by atomic mass is 10.1. The number of aliphatic hydroxyl groups is 1. The average molecular weight is 245 g/mol. The molecule has 6 nitrogen and oxygen atoms in total. The van der Waals surface area contributed by atoms with Gasteiger partial charge in [0.15, 0.2) is 5.03 Å². The number of rotatable bonds is 4. The maximum atomic E-state index is 12.0. The third kappa shape index (κ3) is 2.11. The zero-order valence-electron chi connectivity index (χ0n) is 8.83. The molecule has 0 saturated carbocycles. The minimum atomic E-state index is -3.41. The van der Waals surface area contributed by atoms with Crippen LogP contribution in [0.5, 0.6) is 0 Å². The molecule has 2 rings (SSSR count). The van der Waals surface area contributed by atoms with E-state index >= 15 is 0 Å². The fraction of sp³-hybridized carbons (Fsp3) is 0.667. The molecule has 0 bridgehead atoms. The summed E-state index contributed by atoms with van der Waals surface area (Å²) < 4.78 is 25.5. The van der Waals surface area contributed by atoms with Crippen molar-refractivity contribution in [3.63, 3.8) is 0 Å². The summed E-state index contributed by atoms with van der Waals surface area (Å²) in [4.78, 5) is 6.32. The van der Waals surface area contributed by atoms with E-state index in [-0.39, 0.29) is 17.6 Å². The Bertz CT molecular complexity index is 429. The van der Waals surface area contributed by atoms with Crippen LogP contribution in [-0.4, -0.2) is 47.5 Å². The van der Waals surface area contributed by atoms with E-state index < -0.39 is 10.0 Å². The van der Waals surface area contributed by atoms with Crippen molar-refractivity contribution < 1.29 is 13.5 Å². The van der Waals surface area contributed by atoms with Gasteiger partial charge in [-0.15, -0.1) is 0 Å². The second-order valence-corrected chi connectivity index (χ2v) is 5.85. The minimum Gasteiger partial charge on any atom is -0.396 e. The van der Waals surface area contributed by atoms with Crippen LogP contribution >= 0.6 is 0 Å². The van der Waals surface area contributed by atoms with Crippen LogP contribution in [0.1, 0.15) is 12.8 Å². The van der Waals surface area contributed by atoms with Crippen LogP contribution in [-0.2, 0) is 10.0 Å². The Hall–Kier alpha value is -0.920. The number of imidazole rings is 1. The van der Waals surface area contributed by atoms with Crippen LogP contribution in [0.15, 0.2) is 17.6 Å². The first-order valence-corrected chi connectivity index (χ1v) is 6.68. The van der Waals surface area contributed by atoms with Crippen molar-refractivity contribution in [2.24, 2.45) is 5.92 Å². The highest BCUT2D eigenvalue weighted by Gasteiger charge is 2.32. The molecule has 2 N–H and O–H groups in total. The van der Waals surface area contributed by atoms with Crippen LogP contribution in [0.2, 0.25) is 0 Å². The SMILES string of the molecule is O=S(=O)(c1cnc[nH]1)N1CCC(CCO)C1. The molecule has 90 valence electrons. The van der Waals surface area contributed by atoms with Crippen molar-refractivity contribution in [1.29, 1.82) is 0 Å². The van der Waals surface area contributed by atoms with Gasteiger partial charge in [0.25, 0.3) is 10.0 Å². The Labute approximate surface area is 94.4 Å². The number of nitrogens with one attached hydrogen (secondary N) is 1. The third-order valence-corrected chi connectivity index (χ3v) is 4.67. The van der Waals surface area contributed by atoms with Crippen LogP contribution in [0.4, 0.5) is 0 Å². The molecule has 1 atom stereocenters. The van der Waals surface area contributed by atoms with Gasteiger partial charge in [0.05, 0.1) is 12.5 Å². The second-order valence-electron chi connectivity index (χ2n) is 3.95. The molecule has 2 heterocycles. The van der Waals surface area contributed by atoms with E-state index in [1.807, 2.05) is 0 Å². The predicted molar refractivity (Wildman–Crippen MR) is 57.2 cm³/mol. The highest BCUT2D eigenvalue weighted by molar-refractivity contribution is 7.89. The molecule has 1 aliphatic heterocycles. The molecule has 1 fully saturated rings. The fourth-order valence-electron chi connectivity index (χ4n) is 1.96. The molecule has 1 unspecified atom stereocenters. The van der Waals surface area contributed by atoms with E-state index in [0.717, 1.165) is 6.42 Å². The van der Waals surface area contributed by atoms with Crippen LogP contribution in [0.3, 0.4) is 0 Å². The summed E-state index contributed by atoms with van der Waals surface area (Å²) in [6.07, 6.45) is 4.14. The van der Waals surface area contributed by atoms with Gasteiger partial charge in [-0.3, -0.25) is 0 Å². The topological polar surface area (TPSA) is 86.3 Å². The van der Waals surface area contributed by atoms with E-state index in [0.29, 0.717) is 19.5 Å². The number of hydrogen-bond donors (Lipinski definition) is 2. The Kier molecular flexibility index (Phi) is 3.27. The summed E-state index contributed by atoms with van der Waals surface area (Å²) in [5.41, 5.74) is 0. The summed E-state index contributed by atoms with van der Waals surface area (Å²) >= 11 is 0. The normalized spacial score (nSPS) is 22.7. The molecule has 1 saturated heterocycles. The molecule has 0 aromatic carbocycles. The molecular weight excluding hydrogens is 230 g/mol. The fourth-order valence-corrected chi connectivity index (χ4v) is 3.38. The molecular formula is C9H15N3O3S. The molecule has 0 spiro atoms. The van der Waals surface area contributed by atoms with Crippen molar-refractivity contribution in [3.05, 3.63) is 12.5 Å². The zero-order chi connectivity index (χ0) is 11.6. The smallest absolute Gasteiger partial charge is 0.260 e. The van der Waals surface area contributed by atoms with E-state index in [1.54, 1.807) is 0 Å². The first-order valence-electron chi connectivity index (χ1n) is 5.24. The summed E-state index contributed by atoms with van der Waals surface area (Å²) in [7, 11) is -3.41. The first-order chi connectivity index (χ1) is 7.64. The van der Waals surface area contributed by atoms with Crippen molar-refractivity contribution in [2.75, 3.05) is 19.7 Å². The molecule has 16 heavy (non-hydrogen) atoms. The number of aromatic nitrogens is 2. The number of sulfonamides is 1. The van der Waals surface area contributed by atoms with Crippen LogP contribution in [0, 0.1) is 5.92 Å². The quantitative estimate of drug-likeness (QED) is 0.769. The largest absolute Gasteiger partial charge is 0.396 e. The Morgan fingerprint density at radius 2 is 2.44 bits per heavy atom. The van der Waals surface area contributed by atoms with E-state index in [4.69, 9.17) is 5.11 Å². The van der Waals surface area contributed by atoms with Gasteiger partial charge in [0.2, 0.25) is 0 Å². The Morgan fingerprint density at radius 3 is 3.06 bits per heavy atom. The maximum absolute atomic E-state index is 12.0. The van der Waals surface area contributed by atoms with Crippen LogP contribution < -0.4 is 0 Å². The monoisotopic (exact) mass is 245 g/mol. The van der Waals surface area contributed by atoms with Gasteiger partial charge in [-0.1, -0.05) is 0 Å². The molecule has 0 radical (unpaired) electrons. The molecule has 0 amide bonds. The minimum absolute atomic E-state index is 0.114. The summed E-state index contributed by atoms with van der Waals surface area (Å²) in [5.74, 6) is 0.266. The van der Waals surface area contributed by atoms with Crippen molar-refractivity contribution in [1.82, 2.24) is 14.3 Å². The van der Waals surface area contributed by atoms with E-state index in [9.17, 15) is 8.42 Å². The summed E-state index contributed by atoms with van der Waals surface area (Å²) in [5, 5.41) is 8.95.